The zero-order chi connectivity index (χ0) is 10.8. The Labute approximate surface area is 94.6 Å². The minimum Gasteiger partial charge on any atom is -0.348 e. The molecule has 0 amide bonds. The lowest BCUT2D eigenvalue weighted by atomic mass is 10.1. The monoisotopic (exact) mass is 271 g/mol. The molecular weight excluding hydrogens is 262 g/mol. The molecule has 5 nitrogen and oxygen atoms in total. The lowest BCUT2D eigenvalue weighted by molar-refractivity contribution is -0.118. The van der Waals surface area contributed by atoms with Crippen LogP contribution in [0.1, 0.15) is 12.8 Å². The maximum absolute atomic E-state index is 11.3. The maximum Gasteiger partial charge on any atom is 0.267 e. The molecule has 0 aromatic carbocycles. The first kappa shape index (κ1) is 10.4. The van der Waals surface area contributed by atoms with Crippen molar-refractivity contribution in [2.75, 3.05) is 18.0 Å². The summed E-state index contributed by atoms with van der Waals surface area (Å²) in [6.45, 7) is 1.11. The first-order valence-corrected chi connectivity index (χ1v) is 5.47. The van der Waals surface area contributed by atoms with Crippen molar-refractivity contribution in [1.82, 2.24) is 9.97 Å². The van der Waals surface area contributed by atoms with Crippen LogP contribution in [0.25, 0.3) is 0 Å². The fraction of sp³-hybridized carbons (Fsp3) is 0.444. The van der Waals surface area contributed by atoms with Crippen LogP contribution in [0.4, 0.5) is 5.82 Å². The molecule has 0 unspecified atom stereocenters. The maximum atomic E-state index is 11.3. The SMILES string of the molecule is O=C1CCCN(c2nc[nH]c(=O)c2Br)C1. The Hall–Kier alpha value is -1.17. The van der Waals surface area contributed by atoms with E-state index in [1.807, 2.05) is 4.90 Å². The first-order valence-electron chi connectivity index (χ1n) is 4.68. The van der Waals surface area contributed by atoms with Gasteiger partial charge in [0.1, 0.15) is 4.47 Å². The van der Waals surface area contributed by atoms with E-state index in [-0.39, 0.29) is 11.3 Å². The third-order valence-corrected chi connectivity index (χ3v) is 3.04. The van der Waals surface area contributed by atoms with Crippen molar-refractivity contribution in [3.63, 3.8) is 0 Å². The van der Waals surface area contributed by atoms with Crippen molar-refractivity contribution in [3.8, 4) is 0 Å². The average molecular weight is 272 g/mol. The van der Waals surface area contributed by atoms with E-state index in [0.29, 0.717) is 23.3 Å². The number of nitrogens with zero attached hydrogens (tertiary/aromatic N) is 2. The number of nitrogens with one attached hydrogen (secondary N) is 1. The average Bonchev–Trinajstić information content (AvgIpc) is 2.22. The molecule has 1 fully saturated rings. The predicted octanol–water partition coefficient (Wildman–Crippen LogP) is 0.702. The molecule has 1 N–H and O–H groups in total. The normalized spacial score (nSPS) is 16.9. The highest BCUT2D eigenvalue weighted by atomic mass is 79.9. The topological polar surface area (TPSA) is 66.1 Å². The number of ketones is 1. The van der Waals surface area contributed by atoms with Crippen LogP contribution in [0.2, 0.25) is 0 Å². The number of anilines is 1. The second kappa shape index (κ2) is 4.14. The zero-order valence-electron chi connectivity index (χ0n) is 7.99. The quantitative estimate of drug-likeness (QED) is 0.817. The summed E-state index contributed by atoms with van der Waals surface area (Å²) in [5, 5.41) is 0. The van der Waals surface area contributed by atoms with E-state index < -0.39 is 0 Å². The third-order valence-electron chi connectivity index (χ3n) is 2.33. The summed E-state index contributed by atoms with van der Waals surface area (Å²) in [4.78, 5) is 30.9. The Bertz CT molecular complexity index is 443. The Morgan fingerprint density at radius 1 is 1.47 bits per heavy atom. The summed E-state index contributed by atoms with van der Waals surface area (Å²) in [6.07, 6.45) is 2.79. The number of Topliss-reactive ketones (excluding diaryl/α,β-unsaturated/α-hetero) is 1. The molecule has 1 aromatic rings. The molecule has 0 saturated carbocycles. The molecule has 1 aliphatic heterocycles. The summed E-state index contributed by atoms with van der Waals surface area (Å²) in [7, 11) is 0. The van der Waals surface area contributed by atoms with Crippen LogP contribution in [-0.4, -0.2) is 28.8 Å². The van der Waals surface area contributed by atoms with Crippen LogP contribution in [0.15, 0.2) is 15.6 Å². The number of aromatic amines is 1. The minimum atomic E-state index is -0.224. The predicted molar refractivity (Wildman–Crippen MR) is 59.0 cm³/mol. The van der Waals surface area contributed by atoms with Gasteiger partial charge in [0.2, 0.25) is 0 Å². The smallest absolute Gasteiger partial charge is 0.267 e. The summed E-state index contributed by atoms with van der Waals surface area (Å²) in [6, 6.07) is 0. The molecule has 6 heteroatoms. The molecule has 0 radical (unpaired) electrons. The lowest BCUT2D eigenvalue weighted by Gasteiger charge is -2.26. The van der Waals surface area contributed by atoms with Crippen molar-refractivity contribution >= 4 is 27.5 Å². The van der Waals surface area contributed by atoms with Crippen LogP contribution < -0.4 is 10.5 Å². The highest BCUT2D eigenvalue weighted by Crippen LogP contribution is 2.21. The summed E-state index contributed by atoms with van der Waals surface area (Å²) < 4.78 is 0.389. The van der Waals surface area contributed by atoms with Crippen molar-refractivity contribution in [1.29, 1.82) is 0 Å². The van der Waals surface area contributed by atoms with Gasteiger partial charge in [0, 0.05) is 13.0 Å². The van der Waals surface area contributed by atoms with E-state index in [4.69, 9.17) is 0 Å². The zero-order valence-corrected chi connectivity index (χ0v) is 9.58. The summed E-state index contributed by atoms with van der Waals surface area (Å²) in [5.41, 5.74) is -0.224. The Morgan fingerprint density at radius 2 is 2.27 bits per heavy atom. The largest absolute Gasteiger partial charge is 0.348 e. The van der Waals surface area contributed by atoms with Gasteiger partial charge in [-0.25, -0.2) is 4.98 Å². The Balaban J connectivity index is 2.32. The minimum absolute atomic E-state index is 0.190. The second-order valence-corrected chi connectivity index (χ2v) is 4.23. The van der Waals surface area contributed by atoms with Gasteiger partial charge in [-0.1, -0.05) is 0 Å². The van der Waals surface area contributed by atoms with Gasteiger partial charge in [-0.3, -0.25) is 9.59 Å². The molecule has 1 aromatic heterocycles. The van der Waals surface area contributed by atoms with E-state index in [2.05, 4.69) is 25.9 Å². The van der Waals surface area contributed by atoms with Crippen LogP contribution >= 0.6 is 15.9 Å². The van der Waals surface area contributed by atoms with E-state index in [0.717, 1.165) is 13.0 Å². The number of hydrogen-bond acceptors (Lipinski definition) is 4. The first-order chi connectivity index (χ1) is 7.18. The molecule has 0 atom stereocenters. The van der Waals surface area contributed by atoms with Crippen molar-refractivity contribution in [2.45, 2.75) is 12.8 Å². The number of rotatable bonds is 1. The van der Waals surface area contributed by atoms with Gasteiger partial charge in [-0.05, 0) is 22.4 Å². The van der Waals surface area contributed by atoms with Crippen LogP contribution in [0.5, 0.6) is 0 Å². The summed E-state index contributed by atoms with van der Waals surface area (Å²) >= 11 is 3.18. The molecule has 15 heavy (non-hydrogen) atoms. The van der Waals surface area contributed by atoms with E-state index in [9.17, 15) is 9.59 Å². The van der Waals surface area contributed by atoms with Crippen molar-refractivity contribution in [3.05, 3.63) is 21.2 Å². The number of carbonyl (C=O) groups is 1. The molecule has 1 saturated heterocycles. The van der Waals surface area contributed by atoms with Gasteiger partial charge in [0.05, 0.1) is 12.9 Å². The highest BCUT2D eigenvalue weighted by molar-refractivity contribution is 9.10. The fourth-order valence-corrected chi connectivity index (χ4v) is 2.08. The van der Waals surface area contributed by atoms with Gasteiger partial charge in [-0.2, -0.15) is 0 Å². The molecule has 0 aliphatic carbocycles. The Kier molecular flexibility index (Phi) is 2.86. The molecule has 0 bridgehead atoms. The molecule has 2 rings (SSSR count). The number of aromatic nitrogens is 2. The number of halogens is 1. The number of hydrogen-bond donors (Lipinski definition) is 1. The third kappa shape index (κ3) is 2.09. The van der Waals surface area contributed by atoms with Gasteiger partial charge in [-0.15, -0.1) is 0 Å². The van der Waals surface area contributed by atoms with E-state index in [1.165, 1.54) is 6.33 Å². The Morgan fingerprint density at radius 3 is 3.00 bits per heavy atom. The molecule has 2 heterocycles. The van der Waals surface area contributed by atoms with Crippen LogP contribution in [-0.2, 0) is 4.79 Å². The van der Waals surface area contributed by atoms with Crippen LogP contribution in [0, 0.1) is 0 Å². The number of H-pyrrole nitrogens is 1. The van der Waals surface area contributed by atoms with Gasteiger partial charge >= 0.3 is 0 Å². The fourth-order valence-electron chi connectivity index (χ4n) is 1.61. The lowest BCUT2D eigenvalue weighted by Crippen LogP contribution is -2.37. The standard InChI is InChI=1S/C9H10BrN3O2/c10-7-8(11-5-12-9(7)15)13-3-1-2-6(14)4-13/h5H,1-4H2,(H,11,12,15). The van der Waals surface area contributed by atoms with Crippen molar-refractivity contribution < 1.29 is 4.79 Å². The number of carbonyl (C=O) groups excluding carboxylic acids is 1. The molecule has 0 spiro atoms. The van der Waals surface area contributed by atoms with Gasteiger partial charge in [0.15, 0.2) is 11.6 Å². The van der Waals surface area contributed by atoms with E-state index >= 15 is 0 Å². The number of piperidine rings is 1. The molecule has 80 valence electrons. The van der Waals surface area contributed by atoms with Crippen molar-refractivity contribution in [2.24, 2.45) is 0 Å². The molecule has 1 aliphatic rings. The van der Waals surface area contributed by atoms with E-state index in [1.54, 1.807) is 0 Å². The molecular formula is C9H10BrN3O2. The second-order valence-electron chi connectivity index (χ2n) is 3.43. The summed E-state index contributed by atoms with van der Waals surface area (Å²) in [5.74, 6) is 0.738. The van der Waals surface area contributed by atoms with Gasteiger partial charge < -0.3 is 9.88 Å². The van der Waals surface area contributed by atoms with Gasteiger partial charge in [0.25, 0.3) is 5.56 Å². The van der Waals surface area contributed by atoms with Crippen LogP contribution in [0.3, 0.4) is 0 Å². The highest BCUT2D eigenvalue weighted by Gasteiger charge is 2.20.